The minimum atomic E-state index is -1.07. The molecule has 5 nitrogen and oxygen atoms in total. The number of halogens is 1. The zero-order chi connectivity index (χ0) is 14.7. The van der Waals surface area contributed by atoms with Crippen LogP contribution in [0.2, 0.25) is 5.02 Å². The smallest absolute Gasteiger partial charge is 0.341 e. The van der Waals surface area contributed by atoms with E-state index in [1.54, 1.807) is 24.3 Å². The Kier molecular flexibility index (Phi) is 4.10. The van der Waals surface area contributed by atoms with Gasteiger partial charge >= 0.3 is 5.97 Å². The molecule has 1 aromatic heterocycles. The largest absolute Gasteiger partial charge is 0.619 e. The van der Waals surface area contributed by atoms with Crippen LogP contribution in [-0.2, 0) is 4.79 Å². The first-order chi connectivity index (χ1) is 9.47. The summed E-state index contributed by atoms with van der Waals surface area (Å²) in [5.74, 6) is -0.708. The van der Waals surface area contributed by atoms with Crippen molar-refractivity contribution < 1.29 is 19.4 Å². The number of carbonyl (C=O) groups is 1. The Morgan fingerprint density at radius 1 is 1.40 bits per heavy atom. The summed E-state index contributed by atoms with van der Waals surface area (Å²) in [7, 11) is 0. The number of aromatic nitrogens is 1. The number of rotatable bonds is 4. The van der Waals surface area contributed by atoms with Crippen molar-refractivity contribution >= 4 is 17.6 Å². The molecule has 104 valence electrons. The van der Waals surface area contributed by atoms with Crippen LogP contribution in [0.15, 0.2) is 36.7 Å². The Morgan fingerprint density at radius 2 is 2.15 bits per heavy atom. The Morgan fingerprint density at radius 3 is 2.85 bits per heavy atom. The fourth-order valence-electron chi connectivity index (χ4n) is 1.81. The second-order valence-corrected chi connectivity index (χ2v) is 4.66. The van der Waals surface area contributed by atoms with E-state index in [9.17, 15) is 10.0 Å². The number of carboxylic acid groups (broad SMARTS) is 1. The van der Waals surface area contributed by atoms with Gasteiger partial charge in [-0.2, -0.15) is 4.73 Å². The number of pyridine rings is 1. The number of ether oxygens (including phenoxy) is 1. The van der Waals surface area contributed by atoms with E-state index in [0.29, 0.717) is 26.6 Å². The predicted molar refractivity (Wildman–Crippen MR) is 73.7 cm³/mol. The molecule has 1 heterocycles. The average molecular weight is 294 g/mol. The van der Waals surface area contributed by atoms with Gasteiger partial charge in [0, 0.05) is 16.7 Å². The molecule has 2 aromatic rings. The molecule has 0 amide bonds. The summed E-state index contributed by atoms with van der Waals surface area (Å²) in [5, 5.41) is 20.6. The Hall–Kier alpha value is -2.27. The van der Waals surface area contributed by atoms with Crippen LogP contribution in [0.1, 0.15) is 5.56 Å². The monoisotopic (exact) mass is 293 g/mol. The first-order valence-electron chi connectivity index (χ1n) is 5.81. The van der Waals surface area contributed by atoms with E-state index in [2.05, 4.69) is 0 Å². The fourth-order valence-corrected chi connectivity index (χ4v) is 1.98. The predicted octanol–water partition coefficient (Wildman–Crippen LogP) is 2.41. The van der Waals surface area contributed by atoms with Crippen molar-refractivity contribution in [2.24, 2.45) is 0 Å². The molecular weight excluding hydrogens is 282 g/mol. The summed E-state index contributed by atoms with van der Waals surface area (Å²) in [4.78, 5) is 10.6. The normalized spacial score (nSPS) is 10.3. The molecule has 0 spiro atoms. The topological polar surface area (TPSA) is 73.5 Å². The molecule has 0 bridgehead atoms. The van der Waals surface area contributed by atoms with Crippen LogP contribution in [0, 0.1) is 12.1 Å². The lowest BCUT2D eigenvalue weighted by molar-refractivity contribution is -0.604. The standard InChI is InChI=1S/C14H12ClNO4/c1-9-4-5-16(19)7-12(9)11-6-10(15)2-3-13(11)20-8-14(17)18/h2-7H,8H2,1H3,(H,17,18). The first kappa shape index (κ1) is 14.1. The Balaban J connectivity index is 2.50. The molecule has 2 rings (SSSR count). The highest BCUT2D eigenvalue weighted by Crippen LogP contribution is 2.33. The average Bonchev–Trinajstić information content (AvgIpc) is 2.40. The number of hydrogen-bond donors (Lipinski definition) is 1. The van der Waals surface area contributed by atoms with Crippen LogP contribution in [-0.4, -0.2) is 17.7 Å². The third kappa shape index (κ3) is 3.19. The molecule has 0 unspecified atom stereocenters. The number of nitrogens with zero attached hydrogens (tertiary/aromatic N) is 1. The summed E-state index contributed by atoms with van der Waals surface area (Å²) in [6.45, 7) is 1.38. The zero-order valence-electron chi connectivity index (χ0n) is 10.7. The van der Waals surface area contributed by atoms with Gasteiger partial charge in [0.1, 0.15) is 5.75 Å². The molecule has 0 aliphatic carbocycles. The number of aryl methyl sites for hydroxylation is 1. The molecular formula is C14H12ClNO4. The maximum atomic E-state index is 11.4. The number of aliphatic carboxylic acids is 1. The van der Waals surface area contributed by atoms with E-state index in [-0.39, 0.29) is 0 Å². The molecule has 0 saturated heterocycles. The molecule has 0 atom stereocenters. The maximum Gasteiger partial charge on any atom is 0.341 e. The second-order valence-electron chi connectivity index (χ2n) is 4.22. The van der Waals surface area contributed by atoms with Gasteiger partial charge in [0.2, 0.25) is 0 Å². The molecule has 0 saturated carbocycles. The van der Waals surface area contributed by atoms with E-state index in [1.165, 1.54) is 12.4 Å². The molecule has 0 fully saturated rings. The van der Waals surface area contributed by atoms with Crippen molar-refractivity contribution in [1.82, 2.24) is 0 Å². The molecule has 1 N–H and O–H groups in total. The van der Waals surface area contributed by atoms with Crippen molar-refractivity contribution in [3.8, 4) is 16.9 Å². The van der Waals surface area contributed by atoms with Crippen molar-refractivity contribution in [2.75, 3.05) is 6.61 Å². The zero-order valence-corrected chi connectivity index (χ0v) is 11.4. The van der Waals surface area contributed by atoms with E-state index >= 15 is 0 Å². The van der Waals surface area contributed by atoms with Crippen molar-refractivity contribution in [2.45, 2.75) is 6.92 Å². The van der Waals surface area contributed by atoms with Crippen LogP contribution in [0.4, 0.5) is 0 Å². The van der Waals surface area contributed by atoms with E-state index < -0.39 is 12.6 Å². The summed E-state index contributed by atoms with van der Waals surface area (Å²) >= 11 is 5.96. The summed E-state index contributed by atoms with van der Waals surface area (Å²) in [6, 6.07) is 6.50. The van der Waals surface area contributed by atoms with Gasteiger partial charge in [-0.1, -0.05) is 11.6 Å². The van der Waals surface area contributed by atoms with Gasteiger partial charge in [-0.25, -0.2) is 4.79 Å². The fraction of sp³-hybridized carbons (Fsp3) is 0.143. The first-order valence-corrected chi connectivity index (χ1v) is 6.19. The summed E-state index contributed by atoms with van der Waals surface area (Å²) < 4.78 is 5.90. The van der Waals surface area contributed by atoms with Crippen LogP contribution >= 0.6 is 11.6 Å². The highest BCUT2D eigenvalue weighted by Gasteiger charge is 2.13. The molecule has 0 radical (unpaired) electrons. The van der Waals surface area contributed by atoms with E-state index in [0.717, 1.165) is 5.56 Å². The molecule has 1 aromatic carbocycles. The maximum absolute atomic E-state index is 11.4. The lowest BCUT2D eigenvalue weighted by Crippen LogP contribution is -2.24. The number of benzene rings is 1. The molecule has 0 aliphatic rings. The van der Waals surface area contributed by atoms with Crippen LogP contribution in [0.25, 0.3) is 11.1 Å². The molecule has 0 aliphatic heterocycles. The third-order valence-electron chi connectivity index (χ3n) is 2.74. The minimum absolute atomic E-state index is 0.367. The highest BCUT2D eigenvalue weighted by molar-refractivity contribution is 6.31. The van der Waals surface area contributed by atoms with Gasteiger partial charge in [0.15, 0.2) is 19.0 Å². The third-order valence-corrected chi connectivity index (χ3v) is 2.97. The number of hydrogen-bond acceptors (Lipinski definition) is 3. The Bertz CT molecular complexity index is 658. The van der Waals surface area contributed by atoms with Gasteiger partial charge in [-0.15, -0.1) is 0 Å². The summed E-state index contributed by atoms with van der Waals surface area (Å²) in [5.41, 5.74) is 2.09. The Labute approximate surface area is 120 Å². The van der Waals surface area contributed by atoms with Gasteiger partial charge in [-0.3, -0.25) is 0 Å². The highest BCUT2D eigenvalue weighted by atomic mass is 35.5. The molecule has 6 heteroatoms. The minimum Gasteiger partial charge on any atom is -0.619 e. The number of carboxylic acids is 1. The summed E-state index contributed by atoms with van der Waals surface area (Å²) in [6.07, 6.45) is 2.79. The molecule has 20 heavy (non-hydrogen) atoms. The van der Waals surface area contributed by atoms with Crippen LogP contribution < -0.4 is 9.47 Å². The van der Waals surface area contributed by atoms with E-state index in [1.807, 2.05) is 6.92 Å². The second kappa shape index (κ2) is 5.79. The lowest BCUT2D eigenvalue weighted by atomic mass is 10.0. The van der Waals surface area contributed by atoms with Crippen molar-refractivity contribution in [1.29, 1.82) is 0 Å². The van der Waals surface area contributed by atoms with Gasteiger partial charge in [0.05, 0.1) is 5.56 Å². The lowest BCUT2D eigenvalue weighted by Gasteiger charge is -2.12. The van der Waals surface area contributed by atoms with E-state index in [4.69, 9.17) is 21.4 Å². The van der Waals surface area contributed by atoms with Gasteiger partial charge in [0.25, 0.3) is 0 Å². The van der Waals surface area contributed by atoms with Crippen LogP contribution in [0.3, 0.4) is 0 Å². The van der Waals surface area contributed by atoms with Crippen LogP contribution in [0.5, 0.6) is 5.75 Å². The van der Waals surface area contributed by atoms with Crippen molar-refractivity contribution in [3.05, 3.63) is 52.5 Å². The van der Waals surface area contributed by atoms with Crippen molar-refractivity contribution in [3.63, 3.8) is 0 Å². The quantitative estimate of drug-likeness (QED) is 0.694. The van der Waals surface area contributed by atoms with Gasteiger partial charge in [-0.05, 0) is 30.7 Å². The van der Waals surface area contributed by atoms with Gasteiger partial charge < -0.3 is 15.1 Å². The SMILES string of the molecule is Cc1cc[n+]([O-])cc1-c1cc(Cl)ccc1OCC(=O)O.